The minimum atomic E-state index is 0.227. The Morgan fingerprint density at radius 2 is 2.20 bits per heavy atom. The second-order valence-corrected chi connectivity index (χ2v) is 4.69. The van der Waals surface area contributed by atoms with Gasteiger partial charge in [-0.05, 0) is 32.4 Å². The molecule has 3 heteroatoms. The Balaban J connectivity index is 2.02. The number of unbranched alkanes of at least 4 members (excludes halogenated alkanes) is 2. The maximum absolute atomic E-state index is 11.6. The molecule has 0 aromatic carbocycles. The lowest BCUT2D eigenvalue weighted by molar-refractivity contribution is -0.123. The Labute approximate surface area is 93.0 Å². The van der Waals surface area contributed by atoms with Crippen LogP contribution in [0.1, 0.15) is 46.0 Å². The van der Waals surface area contributed by atoms with Gasteiger partial charge in [-0.2, -0.15) is 0 Å². The number of carbonyl (C=O) groups excluding carboxylic acids is 1. The number of carbonyl (C=O) groups is 1. The van der Waals surface area contributed by atoms with Crippen molar-refractivity contribution in [3.63, 3.8) is 0 Å². The molecule has 1 aliphatic rings. The lowest BCUT2D eigenvalue weighted by Crippen LogP contribution is -2.45. The Bertz CT molecular complexity index is 190. The van der Waals surface area contributed by atoms with E-state index in [4.69, 9.17) is 0 Å². The SMILES string of the molecule is CCCCCC(C)NC(=O)CC1CNC1. The first-order chi connectivity index (χ1) is 7.22. The second-order valence-electron chi connectivity index (χ2n) is 4.69. The zero-order chi connectivity index (χ0) is 11.1. The lowest BCUT2D eigenvalue weighted by Gasteiger charge is -2.27. The second kappa shape index (κ2) is 6.83. The van der Waals surface area contributed by atoms with Crippen molar-refractivity contribution in [2.45, 2.75) is 52.0 Å². The molecule has 1 heterocycles. The summed E-state index contributed by atoms with van der Waals surface area (Å²) in [6.45, 7) is 6.33. The summed E-state index contributed by atoms with van der Waals surface area (Å²) >= 11 is 0. The van der Waals surface area contributed by atoms with Gasteiger partial charge in [0, 0.05) is 12.5 Å². The fourth-order valence-electron chi connectivity index (χ4n) is 1.86. The maximum atomic E-state index is 11.6. The van der Waals surface area contributed by atoms with Crippen molar-refractivity contribution in [2.75, 3.05) is 13.1 Å². The minimum absolute atomic E-state index is 0.227. The van der Waals surface area contributed by atoms with Gasteiger partial charge in [0.25, 0.3) is 0 Å². The van der Waals surface area contributed by atoms with Crippen LogP contribution >= 0.6 is 0 Å². The van der Waals surface area contributed by atoms with E-state index in [9.17, 15) is 4.79 Å². The van der Waals surface area contributed by atoms with E-state index in [0.29, 0.717) is 18.4 Å². The van der Waals surface area contributed by atoms with Crippen LogP contribution in [0.25, 0.3) is 0 Å². The largest absolute Gasteiger partial charge is 0.354 e. The van der Waals surface area contributed by atoms with Gasteiger partial charge in [-0.15, -0.1) is 0 Å². The van der Waals surface area contributed by atoms with Crippen LogP contribution in [-0.2, 0) is 4.79 Å². The molecule has 0 bridgehead atoms. The van der Waals surface area contributed by atoms with E-state index in [1.807, 2.05) is 0 Å². The van der Waals surface area contributed by atoms with E-state index in [-0.39, 0.29) is 5.91 Å². The fraction of sp³-hybridized carbons (Fsp3) is 0.917. The standard InChI is InChI=1S/C12H24N2O/c1-3-4-5-6-10(2)14-12(15)7-11-8-13-9-11/h10-11,13H,3-9H2,1-2H3,(H,14,15). The molecule has 1 unspecified atom stereocenters. The summed E-state index contributed by atoms with van der Waals surface area (Å²) < 4.78 is 0. The molecule has 1 atom stereocenters. The van der Waals surface area contributed by atoms with Crippen molar-refractivity contribution < 1.29 is 4.79 Å². The predicted octanol–water partition coefficient (Wildman–Crippen LogP) is 1.68. The Hall–Kier alpha value is -0.570. The van der Waals surface area contributed by atoms with E-state index < -0.39 is 0 Å². The Kier molecular flexibility index (Phi) is 5.69. The van der Waals surface area contributed by atoms with Crippen LogP contribution in [0.2, 0.25) is 0 Å². The van der Waals surface area contributed by atoms with Crippen LogP contribution in [0.4, 0.5) is 0 Å². The number of hydrogen-bond acceptors (Lipinski definition) is 2. The number of nitrogens with one attached hydrogen (secondary N) is 2. The van der Waals surface area contributed by atoms with Gasteiger partial charge >= 0.3 is 0 Å². The zero-order valence-electron chi connectivity index (χ0n) is 10.0. The molecule has 0 aromatic heterocycles. The highest BCUT2D eigenvalue weighted by Crippen LogP contribution is 2.09. The summed E-state index contributed by atoms with van der Waals surface area (Å²) in [6.07, 6.45) is 5.55. The highest BCUT2D eigenvalue weighted by Gasteiger charge is 2.20. The van der Waals surface area contributed by atoms with Crippen LogP contribution in [0.15, 0.2) is 0 Å². The third-order valence-electron chi connectivity index (χ3n) is 2.99. The quantitative estimate of drug-likeness (QED) is 0.630. The fourth-order valence-corrected chi connectivity index (χ4v) is 1.86. The van der Waals surface area contributed by atoms with Gasteiger partial charge in [-0.1, -0.05) is 26.2 Å². The Morgan fingerprint density at radius 3 is 2.73 bits per heavy atom. The monoisotopic (exact) mass is 212 g/mol. The summed E-state index contributed by atoms with van der Waals surface area (Å²) in [4.78, 5) is 11.6. The third kappa shape index (κ3) is 5.17. The van der Waals surface area contributed by atoms with E-state index >= 15 is 0 Å². The molecule has 1 rings (SSSR count). The molecule has 1 saturated heterocycles. The molecule has 0 saturated carbocycles. The van der Waals surface area contributed by atoms with Gasteiger partial charge in [0.2, 0.25) is 5.91 Å². The molecular formula is C12H24N2O. The molecule has 0 spiro atoms. The molecular weight excluding hydrogens is 188 g/mol. The molecule has 0 radical (unpaired) electrons. The van der Waals surface area contributed by atoms with Crippen LogP contribution in [-0.4, -0.2) is 25.0 Å². The van der Waals surface area contributed by atoms with Gasteiger partial charge in [-0.3, -0.25) is 4.79 Å². The third-order valence-corrected chi connectivity index (χ3v) is 2.99. The van der Waals surface area contributed by atoms with Crippen molar-refractivity contribution in [3.05, 3.63) is 0 Å². The number of hydrogen-bond donors (Lipinski definition) is 2. The highest BCUT2D eigenvalue weighted by molar-refractivity contribution is 5.76. The smallest absolute Gasteiger partial charge is 0.220 e. The highest BCUT2D eigenvalue weighted by atomic mass is 16.1. The van der Waals surface area contributed by atoms with Crippen molar-refractivity contribution in [2.24, 2.45) is 5.92 Å². The van der Waals surface area contributed by atoms with Gasteiger partial charge in [0.1, 0.15) is 0 Å². The molecule has 1 amide bonds. The number of rotatable bonds is 7. The topological polar surface area (TPSA) is 41.1 Å². The van der Waals surface area contributed by atoms with Crippen molar-refractivity contribution in [1.82, 2.24) is 10.6 Å². The normalized spacial score (nSPS) is 18.3. The van der Waals surface area contributed by atoms with E-state index in [0.717, 1.165) is 19.5 Å². The van der Waals surface area contributed by atoms with Crippen LogP contribution < -0.4 is 10.6 Å². The summed E-state index contributed by atoms with van der Waals surface area (Å²) in [5.41, 5.74) is 0. The summed E-state index contributed by atoms with van der Waals surface area (Å²) in [7, 11) is 0. The average molecular weight is 212 g/mol. The molecule has 0 aromatic rings. The first-order valence-electron chi connectivity index (χ1n) is 6.22. The number of amides is 1. The Morgan fingerprint density at radius 1 is 1.47 bits per heavy atom. The van der Waals surface area contributed by atoms with Gasteiger partial charge in [-0.25, -0.2) is 0 Å². The van der Waals surface area contributed by atoms with Crippen LogP contribution in [0, 0.1) is 5.92 Å². The van der Waals surface area contributed by atoms with E-state index in [2.05, 4.69) is 24.5 Å². The molecule has 1 fully saturated rings. The minimum Gasteiger partial charge on any atom is -0.354 e. The summed E-state index contributed by atoms with van der Waals surface area (Å²) in [5, 5.41) is 6.25. The molecule has 0 aliphatic carbocycles. The molecule has 2 N–H and O–H groups in total. The molecule has 1 aliphatic heterocycles. The first-order valence-corrected chi connectivity index (χ1v) is 6.22. The van der Waals surface area contributed by atoms with Gasteiger partial charge in [0.15, 0.2) is 0 Å². The van der Waals surface area contributed by atoms with Crippen molar-refractivity contribution >= 4 is 5.91 Å². The zero-order valence-corrected chi connectivity index (χ0v) is 10.0. The summed E-state index contributed by atoms with van der Waals surface area (Å²) in [5.74, 6) is 0.804. The van der Waals surface area contributed by atoms with E-state index in [1.54, 1.807) is 0 Å². The lowest BCUT2D eigenvalue weighted by atomic mass is 9.99. The van der Waals surface area contributed by atoms with Gasteiger partial charge < -0.3 is 10.6 Å². The molecule has 3 nitrogen and oxygen atoms in total. The predicted molar refractivity (Wildman–Crippen MR) is 62.7 cm³/mol. The average Bonchev–Trinajstić information content (AvgIpc) is 2.12. The molecule has 15 heavy (non-hydrogen) atoms. The summed E-state index contributed by atoms with van der Waals surface area (Å²) in [6, 6.07) is 0.345. The van der Waals surface area contributed by atoms with Crippen molar-refractivity contribution in [3.8, 4) is 0 Å². The van der Waals surface area contributed by atoms with E-state index in [1.165, 1.54) is 19.3 Å². The maximum Gasteiger partial charge on any atom is 0.220 e. The van der Waals surface area contributed by atoms with Crippen molar-refractivity contribution in [1.29, 1.82) is 0 Å². The van der Waals surface area contributed by atoms with Crippen LogP contribution in [0.5, 0.6) is 0 Å². The first kappa shape index (κ1) is 12.5. The van der Waals surface area contributed by atoms with Crippen LogP contribution in [0.3, 0.4) is 0 Å². The molecule has 88 valence electrons. The van der Waals surface area contributed by atoms with Gasteiger partial charge in [0.05, 0.1) is 0 Å².